The molecule has 11 nitrogen and oxygen atoms in total. The minimum atomic E-state index is -3.04. The van der Waals surface area contributed by atoms with Gasteiger partial charge in [-0.1, -0.05) is 25.7 Å². The van der Waals surface area contributed by atoms with Gasteiger partial charge in [0.2, 0.25) is 11.8 Å². The van der Waals surface area contributed by atoms with E-state index in [4.69, 9.17) is 9.47 Å². The predicted octanol–water partition coefficient (Wildman–Crippen LogP) is 5.41. The molecule has 8 aliphatic rings. The van der Waals surface area contributed by atoms with Gasteiger partial charge in [-0.3, -0.25) is 19.2 Å². The van der Waals surface area contributed by atoms with Crippen molar-refractivity contribution in [2.75, 3.05) is 45.9 Å². The number of rotatable bonds is 17. The minimum absolute atomic E-state index is 0.0507. The Bertz CT molecular complexity index is 1410. The first-order chi connectivity index (χ1) is 25.6. The Morgan fingerprint density at radius 1 is 0.611 bits per heavy atom. The molecule has 1 unspecified atom stereocenters. The van der Waals surface area contributed by atoms with Gasteiger partial charge < -0.3 is 29.9 Å². The highest BCUT2D eigenvalue weighted by Crippen LogP contribution is 2.54. The monoisotopic (exact) mass is 767 g/mol. The van der Waals surface area contributed by atoms with Crippen molar-refractivity contribution in [2.24, 2.45) is 10.8 Å². The summed E-state index contributed by atoms with van der Waals surface area (Å²) >= 11 is 0. The summed E-state index contributed by atoms with van der Waals surface area (Å²) in [6.45, 7) is -0.412. The highest BCUT2D eigenvalue weighted by molar-refractivity contribution is 5.80. The topological polar surface area (TPSA) is 141 Å². The molecule has 6 aliphatic carbocycles. The lowest BCUT2D eigenvalue weighted by Gasteiger charge is -2.52. The Morgan fingerprint density at radius 2 is 1.06 bits per heavy atom. The number of unbranched alkanes of at least 4 members (excludes halogenated alkanes) is 5. The summed E-state index contributed by atoms with van der Waals surface area (Å²) in [5.74, 6) is -6.89. The van der Waals surface area contributed by atoms with Crippen molar-refractivity contribution in [3.05, 3.63) is 0 Å². The number of nitrogens with zero attached hydrogens (tertiary/aromatic N) is 3. The third kappa shape index (κ3) is 9.17. The van der Waals surface area contributed by atoms with E-state index in [1.54, 1.807) is 0 Å². The second-order valence-corrected chi connectivity index (χ2v) is 17.4. The summed E-state index contributed by atoms with van der Waals surface area (Å²) in [6, 6.07) is 0.707. The number of likely N-dealkylation sites (tertiary alicyclic amines) is 2. The number of carbonyl (C=O) groups is 4. The molecule has 4 bridgehead atoms. The van der Waals surface area contributed by atoms with Crippen LogP contribution in [0.2, 0.25) is 0 Å². The standard InChI is InChI=1S/C39H57F4N5O6/c40-38(41)19-20-47(27-38)30(49)25-45-36-13-7-34(8-14-36,9-15-36)32(51)53-21-5-3-1-2-4-6-22-54-33(52)35-10-16-37(17-11-35,18-12-35)46-26-31(50)48-28-39(42,43)23-29(48)24-44/h29,45-46H,1-23,25-28H2. The van der Waals surface area contributed by atoms with Gasteiger partial charge in [-0.05, 0) is 89.9 Å². The number of amides is 2. The van der Waals surface area contributed by atoms with Crippen LogP contribution in [0.15, 0.2) is 0 Å². The zero-order chi connectivity index (χ0) is 38.7. The number of nitrogens with one attached hydrogen (secondary N) is 2. The highest BCUT2D eigenvalue weighted by atomic mass is 19.3. The second kappa shape index (κ2) is 16.2. The number of esters is 2. The van der Waals surface area contributed by atoms with Crippen molar-refractivity contribution >= 4 is 23.8 Å². The molecule has 2 N–H and O–H groups in total. The first-order valence-electron chi connectivity index (χ1n) is 20.2. The fourth-order valence-electron chi connectivity index (χ4n) is 9.94. The van der Waals surface area contributed by atoms with Gasteiger partial charge in [0.05, 0.1) is 56.3 Å². The van der Waals surface area contributed by atoms with Crippen LogP contribution < -0.4 is 10.6 Å². The Morgan fingerprint density at radius 3 is 1.48 bits per heavy atom. The molecule has 0 aromatic carbocycles. The number of ether oxygens (including phenoxy) is 2. The summed E-state index contributed by atoms with van der Waals surface area (Å²) in [4.78, 5) is 53.6. The van der Waals surface area contributed by atoms with Crippen molar-refractivity contribution in [1.29, 1.82) is 5.26 Å². The van der Waals surface area contributed by atoms with E-state index < -0.39 is 54.1 Å². The third-order valence-electron chi connectivity index (χ3n) is 13.9. The average Bonchev–Trinajstić information content (AvgIpc) is 3.71. The number of carbonyl (C=O) groups excluding carboxylic acids is 4. The molecule has 6 saturated carbocycles. The van der Waals surface area contributed by atoms with Crippen molar-refractivity contribution in [3.63, 3.8) is 0 Å². The normalized spacial score (nSPS) is 33.4. The number of alkyl halides is 4. The number of fused-ring (bicyclic) bond motifs is 6. The summed E-state index contributed by atoms with van der Waals surface area (Å²) in [5.41, 5.74) is -1.48. The lowest BCUT2D eigenvalue weighted by molar-refractivity contribution is -0.165. The minimum Gasteiger partial charge on any atom is -0.465 e. The molecule has 2 aliphatic heterocycles. The van der Waals surface area contributed by atoms with Gasteiger partial charge in [0.25, 0.3) is 11.8 Å². The molecule has 2 heterocycles. The van der Waals surface area contributed by atoms with Gasteiger partial charge in [0.15, 0.2) is 0 Å². The second-order valence-electron chi connectivity index (χ2n) is 17.4. The van der Waals surface area contributed by atoms with Gasteiger partial charge in [0, 0.05) is 30.5 Å². The predicted molar refractivity (Wildman–Crippen MR) is 188 cm³/mol. The lowest BCUT2D eigenvalue weighted by Crippen LogP contribution is -2.59. The Labute approximate surface area is 315 Å². The van der Waals surface area contributed by atoms with Crippen LogP contribution in [0.5, 0.6) is 0 Å². The van der Waals surface area contributed by atoms with Crippen LogP contribution in [0.1, 0.15) is 128 Å². The quantitative estimate of drug-likeness (QED) is 0.113. The first kappa shape index (κ1) is 40.7. The smallest absolute Gasteiger partial charge is 0.312 e. The third-order valence-corrected chi connectivity index (χ3v) is 13.9. The van der Waals surface area contributed by atoms with Crippen LogP contribution in [-0.2, 0) is 28.7 Å². The van der Waals surface area contributed by atoms with Crippen LogP contribution in [0.4, 0.5) is 17.6 Å². The molecular formula is C39H57F4N5O6. The molecule has 8 rings (SSSR count). The maximum Gasteiger partial charge on any atom is 0.312 e. The molecule has 0 radical (unpaired) electrons. The zero-order valence-corrected chi connectivity index (χ0v) is 31.5. The van der Waals surface area contributed by atoms with Crippen molar-refractivity contribution in [2.45, 2.75) is 157 Å². The van der Waals surface area contributed by atoms with Crippen LogP contribution in [0, 0.1) is 22.2 Å². The molecule has 8 fully saturated rings. The van der Waals surface area contributed by atoms with E-state index in [9.17, 15) is 42.0 Å². The van der Waals surface area contributed by atoms with Crippen LogP contribution in [0.3, 0.4) is 0 Å². The van der Waals surface area contributed by atoms with E-state index in [2.05, 4.69) is 10.6 Å². The van der Waals surface area contributed by atoms with E-state index in [-0.39, 0.29) is 55.0 Å². The first-order valence-corrected chi connectivity index (χ1v) is 20.2. The molecule has 2 amide bonds. The van der Waals surface area contributed by atoms with E-state index in [0.29, 0.717) is 71.0 Å². The van der Waals surface area contributed by atoms with E-state index in [1.165, 1.54) is 4.90 Å². The summed E-state index contributed by atoms with van der Waals surface area (Å²) in [6.07, 6.45) is 13.1. The molecule has 0 aromatic rings. The van der Waals surface area contributed by atoms with Gasteiger partial charge in [-0.2, -0.15) is 5.26 Å². The molecule has 15 heteroatoms. The maximum atomic E-state index is 13.8. The molecule has 54 heavy (non-hydrogen) atoms. The Hall–Kier alpha value is -2.99. The van der Waals surface area contributed by atoms with Gasteiger partial charge in [-0.15, -0.1) is 0 Å². The molecular weight excluding hydrogens is 710 g/mol. The number of nitriles is 1. The van der Waals surface area contributed by atoms with Crippen LogP contribution in [-0.4, -0.2) is 108 Å². The van der Waals surface area contributed by atoms with E-state index in [0.717, 1.165) is 62.7 Å². The van der Waals surface area contributed by atoms with Crippen molar-refractivity contribution in [3.8, 4) is 6.07 Å². The summed E-state index contributed by atoms with van der Waals surface area (Å²) in [5, 5.41) is 15.9. The molecule has 2 saturated heterocycles. The molecule has 302 valence electrons. The van der Waals surface area contributed by atoms with Crippen molar-refractivity contribution < 1.29 is 46.2 Å². The maximum absolute atomic E-state index is 13.8. The molecule has 0 spiro atoms. The number of hydrogen-bond donors (Lipinski definition) is 2. The van der Waals surface area contributed by atoms with Gasteiger partial charge in [-0.25, -0.2) is 17.6 Å². The highest BCUT2D eigenvalue weighted by Gasteiger charge is 2.55. The fourth-order valence-corrected chi connectivity index (χ4v) is 9.94. The molecule has 1 atom stereocenters. The van der Waals surface area contributed by atoms with E-state index >= 15 is 0 Å². The largest absolute Gasteiger partial charge is 0.465 e. The lowest BCUT2D eigenvalue weighted by atomic mass is 9.57. The van der Waals surface area contributed by atoms with E-state index in [1.807, 2.05) is 6.07 Å². The van der Waals surface area contributed by atoms with Crippen LogP contribution >= 0.6 is 0 Å². The SMILES string of the molecule is N#CC1CC(F)(F)CN1C(=O)CNC12CCC(C(=O)OCCCCCCCCOC(=O)C34CCC(NCC(=O)N5CCC(F)(F)C5)(CC3)CC4)(CC1)CC2. The average molecular weight is 768 g/mol. The Balaban J connectivity index is 0.778. The zero-order valence-electron chi connectivity index (χ0n) is 31.5. The fraction of sp³-hybridized carbons (Fsp3) is 0.872. The van der Waals surface area contributed by atoms with Crippen molar-refractivity contribution in [1.82, 2.24) is 20.4 Å². The number of hydrogen-bond acceptors (Lipinski definition) is 9. The van der Waals surface area contributed by atoms with Crippen LogP contribution in [0.25, 0.3) is 0 Å². The summed E-state index contributed by atoms with van der Waals surface area (Å²) in [7, 11) is 0. The van der Waals surface area contributed by atoms with Gasteiger partial charge >= 0.3 is 11.9 Å². The Kier molecular flexibility index (Phi) is 12.2. The summed E-state index contributed by atoms with van der Waals surface area (Å²) < 4.78 is 66.0. The molecule has 0 aromatic heterocycles. The number of halogens is 4. The van der Waals surface area contributed by atoms with Gasteiger partial charge in [0.1, 0.15) is 6.04 Å².